The molecular formula is C38H48N8O7S2. The summed E-state index contributed by atoms with van der Waals surface area (Å²) in [6.07, 6.45) is 2.43. The third kappa shape index (κ3) is 10.9. The second-order valence-corrected chi connectivity index (χ2v) is 17.7. The van der Waals surface area contributed by atoms with Gasteiger partial charge in [-0.2, -0.15) is 5.10 Å². The normalized spacial score (nSPS) is 18.0. The van der Waals surface area contributed by atoms with Gasteiger partial charge in [-0.15, -0.1) is 23.5 Å². The number of nitrogens with zero attached hydrogens (tertiary/aromatic N) is 3. The van der Waals surface area contributed by atoms with Crippen LogP contribution in [-0.2, 0) is 24.0 Å². The summed E-state index contributed by atoms with van der Waals surface area (Å²) in [5.41, 5.74) is -0.0408. The number of H-pyrrole nitrogens is 1. The Morgan fingerprint density at radius 1 is 0.964 bits per heavy atom. The number of Topliss-reactive ketones (excluding diaryl/α,β-unsaturated/α-hetero) is 1. The van der Waals surface area contributed by atoms with Gasteiger partial charge in [-0.05, 0) is 47.5 Å². The van der Waals surface area contributed by atoms with Gasteiger partial charge in [0.15, 0.2) is 5.82 Å². The molecule has 2 unspecified atom stereocenters. The first-order chi connectivity index (χ1) is 26.3. The van der Waals surface area contributed by atoms with Crippen molar-refractivity contribution >= 4 is 59.0 Å². The first-order valence-corrected chi connectivity index (χ1v) is 20.2. The van der Waals surface area contributed by atoms with Crippen molar-refractivity contribution in [2.45, 2.75) is 81.6 Å². The van der Waals surface area contributed by atoms with Crippen LogP contribution in [0.2, 0.25) is 0 Å². The van der Waals surface area contributed by atoms with Crippen molar-refractivity contribution in [1.82, 2.24) is 41.3 Å². The molecule has 0 bridgehead atoms. The molecule has 4 atom stereocenters. The van der Waals surface area contributed by atoms with Crippen molar-refractivity contribution in [1.29, 1.82) is 0 Å². The van der Waals surface area contributed by atoms with Crippen molar-refractivity contribution in [2.75, 3.05) is 24.6 Å². The molecule has 3 aromatic rings. The molecule has 294 valence electrons. The highest BCUT2D eigenvalue weighted by Crippen LogP contribution is 2.50. The number of carbonyl (C=O) groups is 6. The largest absolute Gasteiger partial charge is 0.413 e. The van der Waals surface area contributed by atoms with Gasteiger partial charge in [0.2, 0.25) is 23.5 Å². The number of hydrogen-bond donors (Lipinski definition) is 5. The van der Waals surface area contributed by atoms with Crippen LogP contribution in [0, 0.1) is 5.41 Å². The zero-order valence-corrected chi connectivity index (χ0v) is 33.0. The number of rotatable bonds is 14. The van der Waals surface area contributed by atoms with Crippen LogP contribution in [-0.4, -0.2) is 102 Å². The number of thioether (sulfide) groups is 2. The molecule has 17 heteroatoms. The predicted octanol–water partition coefficient (Wildman–Crippen LogP) is 3.35. The molecular weight excluding hydrogens is 745 g/mol. The van der Waals surface area contributed by atoms with Crippen molar-refractivity contribution < 1.29 is 33.5 Å². The highest BCUT2D eigenvalue weighted by Gasteiger charge is 2.53. The lowest BCUT2D eigenvalue weighted by atomic mass is 9.85. The number of ketones is 1. The average molecular weight is 793 g/mol. The number of amides is 5. The number of aromatic nitrogens is 3. The lowest BCUT2D eigenvalue weighted by molar-refractivity contribution is -0.144. The second-order valence-electron chi connectivity index (χ2n) is 14.5. The molecule has 1 spiro atoms. The van der Waals surface area contributed by atoms with Gasteiger partial charge >= 0.3 is 6.09 Å². The van der Waals surface area contributed by atoms with E-state index in [1.54, 1.807) is 66.0 Å². The van der Waals surface area contributed by atoms with Gasteiger partial charge in [-0.3, -0.25) is 29.1 Å². The summed E-state index contributed by atoms with van der Waals surface area (Å²) < 4.78 is 4.98. The summed E-state index contributed by atoms with van der Waals surface area (Å²) in [6.45, 7) is 7.00. The van der Waals surface area contributed by atoms with E-state index in [-0.39, 0.29) is 13.0 Å². The highest BCUT2D eigenvalue weighted by atomic mass is 32.2. The van der Waals surface area contributed by atoms with Gasteiger partial charge in [0.1, 0.15) is 30.2 Å². The number of benzene rings is 2. The van der Waals surface area contributed by atoms with Crippen LogP contribution in [0.25, 0.3) is 0 Å². The van der Waals surface area contributed by atoms with Crippen LogP contribution < -0.4 is 26.0 Å². The summed E-state index contributed by atoms with van der Waals surface area (Å²) in [6, 6.07) is 13.6. The molecule has 0 aliphatic carbocycles. The van der Waals surface area contributed by atoms with E-state index >= 15 is 0 Å². The van der Waals surface area contributed by atoms with Gasteiger partial charge < -0.3 is 30.9 Å². The van der Waals surface area contributed by atoms with Crippen molar-refractivity contribution in [3.63, 3.8) is 0 Å². The maximum Gasteiger partial charge on any atom is 0.413 e. The van der Waals surface area contributed by atoms with E-state index < -0.39 is 75.7 Å². The molecule has 1 aromatic heterocycles. The fraction of sp³-hybridized carbons (Fsp3) is 0.474. The standard InChI is InChI=1S/C38H48N8O7S2/c1-5-13-26(30(48)34(50)39-21-28(47)43-29(32-40-23-41-45-32)24-14-8-6-9-15-24)42-33(49)27-20-38(54-18-12-19-55-38)22-46(27)35(51)31(37(2,3)4)44-36(52)53-25-16-10-7-11-17-25/h6-11,14-17,23,26-27,29,31H,5,12-13,18-22H2,1-4H3,(H,39,50)(H,42,49)(H,43,47)(H,44,52)(H,40,41,45)/t26?,27-,29?,31+/m0/s1. The Morgan fingerprint density at radius 2 is 1.64 bits per heavy atom. The summed E-state index contributed by atoms with van der Waals surface area (Å²) in [5, 5.41) is 17.3. The fourth-order valence-electron chi connectivity index (χ4n) is 6.44. The van der Waals surface area contributed by atoms with Crippen LogP contribution in [0.3, 0.4) is 0 Å². The third-order valence-corrected chi connectivity index (χ3v) is 12.6. The Bertz CT molecular complexity index is 1800. The van der Waals surface area contributed by atoms with E-state index in [9.17, 15) is 28.8 Å². The molecule has 0 radical (unpaired) electrons. The summed E-state index contributed by atoms with van der Waals surface area (Å²) >= 11 is 3.40. The molecule has 2 saturated heterocycles. The average Bonchev–Trinajstić information content (AvgIpc) is 3.84. The lowest BCUT2D eigenvalue weighted by Gasteiger charge is -2.36. The number of hydrogen-bond acceptors (Lipinski definition) is 11. The first kappa shape index (κ1) is 41.3. The first-order valence-electron chi connectivity index (χ1n) is 18.2. The van der Waals surface area contributed by atoms with Crippen LogP contribution in [0.15, 0.2) is 67.0 Å². The molecule has 5 amide bonds. The Hall–Kier alpha value is -4.90. The zero-order chi connectivity index (χ0) is 39.6. The zero-order valence-electron chi connectivity index (χ0n) is 31.3. The second kappa shape index (κ2) is 18.6. The molecule has 2 aromatic carbocycles. The number of likely N-dealkylation sites (tertiary alicyclic amines) is 1. The van der Waals surface area contributed by atoms with Gasteiger partial charge in [0, 0.05) is 13.0 Å². The molecule has 0 saturated carbocycles. The van der Waals surface area contributed by atoms with Gasteiger partial charge in [0.25, 0.3) is 5.91 Å². The Labute approximate surface area is 328 Å². The minimum absolute atomic E-state index is 0.151. The molecule has 2 aliphatic rings. The fourth-order valence-corrected chi connectivity index (χ4v) is 9.79. The summed E-state index contributed by atoms with van der Waals surface area (Å²) in [4.78, 5) is 86.9. The molecule has 3 heterocycles. The predicted molar refractivity (Wildman–Crippen MR) is 209 cm³/mol. The molecule has 5 N–H and O–H groups in total. The maximum absolute atomic E-state index is 14.4. The number of nitrogens with one attached hydrogen (secondary N) is 5. The third-order valence-electron chi connectivity index (χ3n) is 9.21. The smallest absolute Gasteiger partial charge is 0.410 e. The molecule has 5 rings (SSSR count). The van der Waals surface area contributed by atoms with E-state index in [1.807, 2.05) is 45.9 Å². The van der Waals surface area contributed by atoms with Gasteiger partial charge in [-0.25, -0.2) is 9.78 Å². The van der Waals surface area contributed by atoms with Crippen LogP contribution >= 0.6 is 23.5 Å². The van der Waals surface area contributed by atoms with E-state index in [1.165, 1.54) is 11.2 Å². The van der Waals surface area contributed by atoms with Gasteiger partial charge in [-0.1, -0.05) is 82.6 Å². The Balaban J connectivity index is 1.27. The van der Waals surface area contributed by atoms with Crippen molar-refractivity contribution in [3.8, 4) is 5.75 Å². The van der Waals surface area contributed by atoms with Crippen LogP contribution in [0.5, 0.6) is 5.75 Å². The minimum atomic E-state index is -1.20. The number of aromatic amines is 1. The van der Waals surface area contributed by atoms with Gasteiger partial charge in [0.05, 0.1) is 16.7 Å². The van der Waals surface area contributed by atoms with E-state index in [2.05, 4.69) is 36.4 Å². The maximum atomic E-state index is 14.4. The minimum Gasteiger partial charge on any atom is -0.410 e. The quantitative estimate of drug-likeness (QED) is 0.150. The summed E-state index contributed by atoms with van der Waals surface area (Å²) in [5.74, 6) is -1.14. The van der Waals surface area contributed by atoms with E-state index in [0.29, 0.717) is 24.4 Å². The molecule has 15 nitrogen and oxygen atoms in total. The Kier molecular flexibility index (Phi) is 14.0. The van der Waals surface area contributed by atoms with Crippen molar-refractivity contribution in [3.05, 3.63) is 78.4 Å². The number of para-hydroxylation sites is 1. The molecule has 2 aliphatic heterocycles. The topological polar surface area (TPSA) is 205 Å². The van der Waals surface area contributed by atoms with E-state index in [4.69, 9.17) is 4.74 Å². The monoisotopic (exact) mass is 792 g/mol. The molecule has 2 fully saturated rings. The SMILES string of the molecule is CCCC(NC(=O)[C@@H]1CC2(CN1C(=O)[C@@H](NC(=O)Oc1ccccc1)C(C)(C)C)SCCCS2)C(=O)C(=O)NCC(=O)NC(c1ccccc1)c1ncn[nH]1. The lowest BCUT2D eigenvalue weighted by Crippen LogP contribution is -2.59. The van der Waals surface area contributed by atoms with Crippen molar-refractivity contribution in [2.24, 2.45) is 5.41 Å². The van der Waals surface area contributed by atoms with Crippen LogP contribution in [0.1, 0.15) is 70.8 Å². The summed E-state index contributed by atoms with van der Waals surface area (Å²) in [7, 11) is 0. The van der Waals surface area contributed by atoms with E-state index in [0.717, 1.165) is 23.5 Å². The highest BCUT2D eigenvalue weighted by molar-refractivity contribution is 8.18. The van der Waals surface area contributed by atoms with Crippen LogP contribution in [0.4, 0.5) is 4.79 Å². The number of carbonyl (C=O) groups excluding carboxylic acids is 6. The molecule has 55 heavy (non-hydrogen) atoms. The number of ether oxygens (including phenoxy) is 1. The Morgan fingerprint density at radius 3 is 2.25 bits per heavy atom.